The third-order valence-electron chi connectivity index (χ3n) is 3.61. The Morgan fingerprint density at radius 3 is 3.18 bits per heavy atom. The average Bonchev–Trinajstić information content (AvgIpc) is 3.01. The van der Waals surface area contributed by atoms with E-state index >= 15 is 0 Å². The molecule has 6 N–H and O–H groups in total. The number of aliphatic hydroxyl groups excluding tert-OH is 2. The van der Waals surface area contributed by atoms with Gasteiger partial charge in [0.15, 0.2) is 23.0 Å². The minimum Gasteiger partial charge on any atom is -0.394 e. The number of H-pyrrole nitrogens is 1. The number of nitrogen functional groups attached to an aromatic ring is 1. The summed E-state index contributed by atoms with van der Waals surface area (Å²) in [6, 6.07) is 0. The van der Waals surface area contributed by atoms with Crippen molar-refractivity contribution < 1.29 is 21.4 Å². The lowest BCUT2D eigenvalue weighted by Gasteiger charge is -2.23. The number of nitrogens with two attached hydrogens (primary N) is 1. The third-order valence-corrected chi connectivity index (χ3v) is 3.61. The number of aromatic nitrogens is 4. The Balaban J connectivity index is 2.13. The molecule has 0 aromatic carbocycles. The van der Waals surface area contributed by atoms with E-state index < -0.39 is 36.2 Å². The number of nitrogens with zero attached hydrogens (tertiary/aromatic N) is 3. The van der Waals surface area contributed by atoms with Crippen molar-refractivity contribution >= 4 is 17.1 Å². The number of anilines is 1. The molecule has 0 spiro atoms. The molecule has 1 saturated heterocycles. The molecule has 2 aromatic heterocycles. The van der Waals surface area contributed by atoms with Crippen LogP contribution < -0.4 is 11.3 Å². The number of nitrogens with one attached hydrogen (secondary N) is 1. The Labute approximate surface area is 124 Å². The van der Waals surface area contributed by atoms with E-state index in [1.807, 2.05) is 0 Å². The molecule has 116 valence electrons. The fraction of sp³-hybridized carbons (Fsp3) is 0.417. The summed E-state index contributed by atoms with van der Waals surface area (Å²) in [5.74, 6) is 1.97. The first-order valence-electron chi connectivity index (χ1n) is 6.75. The highest BCUT2D eigenvalue weighted by molar-refractivity contribution is 5.70. The number of hydrogen-bond acceptors (Lipinski definition) is 8. The third kappa shape index (κ3) is 1.81. The molecule has 0 aliphatic carbocycles. The molecule has 2 aromatic rings. The minimum absolute atomic E-state index is 0.0300. The van der Waals surface area contributed by atoms with Gasteiger partial charge < -0.3 is 25.8 Å². The van der Waals surface area contributed by atoms with Crippen molar-refractivity contribution in [2.45, 2.75) is 24.0 Å². The summed E-state index contributed by atoms with van der Waals surface area (Å²) in [6.07, 6.45) is -1.15. The molecule has 0 bridgehead atoms. The van der Waals surface area contributed by atoms with E-state index in [1.165, 1.54) is 10.9 Å². The van der Waals surface area contributed by atoms with Crippen LogP contribution in [0.3, 0.4) is 0 Å². The van der Waals surface area contributed by atoms with Gasteiger partial charge in [-0.25, -0.2) is 4.98 Å². The molecule has 0 saturated carbocycles. The standard InChI is InChI=1S/C12H13N5O5/c1-2-12(21)5(3-18)22-10(7(12)19)17-4-14-6-8(17)15-11(13)16-9(6)20/h1,4-5,7,10,18-19,21H,3H2,(H3,13,15,16,20)/t5-,7+,10?,12-/m1/s1/i1D. The van der Waals surface area contributed by atoms with E-state index in [0.717, 1.165) is 0 Å². The van der Waals surface area contributed by atoms with E-state index in [4.69, 9.17) is 11.8 Å². The van der Waals surface area contributed by atoms with Crippen LogP contribution in [0.25, 0.3) is 11.2 Å². The number of hydrogen-bond donors (Lipinski definition) is 5. The van der Waals surface area contributed by atoms with Crippen LogP contribution in [0.1, 0.15) is 7.60 Å². The predicted molar refractivity (Wildman–Crippen MR) is 73.3 cm³/mol. The second-order valence-electron chi connectivity index (χ2n) is 4.87. The van der Waals surface area contributed by atoms with Crippen LogP contribution in [0, 0.1) is 12.3 Å². The Morgan fingerprint density at radius 2 is 2.50 bits per heavy atom. The Hall–Kier alpha value is -2.45. The van der Waals surface area contributed by atoms with Gasteiger partial charge in [0, 0.05) is 0 Å². The molecule has 3 heterocycles. The predicted octanol–water partition coefficient (Wildman–Crippen LogP) is -2.68. The number of terminal acetylenes is 1. The maximum atomic E-state index is 11.8. The molecule has 4 atom stereocenters. The lowest BCUT2D eigenvalue weighted by Crippen LogP contribution is -2.47. The summed E-state index contributed by atoms with van der Waals surface area (Å²) >= 11 is 0. The van der Waals surface area contributed by atoms with Crippen molar-refractivity contribution in [1.29, 1.82) is 0 Å². The zero-order valence-electron chi connectivity index (χ0n) is 12.1. The van der Waals surface area contributed by atoms with Crippen LogP contribution in [0.15, 0.2) is 11.1 Å². The second-order valence-corrected chi connectivity index (χ2v) is 4.87. The van der Waals surface area contributed by atoms with E-state index in [0.29, 0.717) is 0 Å². The normalized spacial score (nSPS) is 31.8. The molecular formula is C12H13N5O5. The molecular weight excluding hydrogens is 294 g/mol. The monoisotopic (exact) mass is 308 g/mol. The van der Waals surface area contributed by atoms with Gasteiger partial charge in [-0.05, 0) is 0 Å². The van der Waals surface area contributed by atoms with Crippen LogP contribution in [-0.4, -0.2) is 59.3 Å². The molecule has 10 nitrogen and oxygen atoms in total. The second kappa shape index (κ2) is 4.79. The van der Waals surface area contributed by atoms with Crippen molar-refractivity contribution in [2.24, 2.45) is 0 Å². The number of imidazole rings is 1. The number of aromatic amines is 1. The molecule has 0 amide bonds. The van der Waals surface area contributed by atoms with Crippen LogP contribution in [-0.2, 0) is 4.74 Å². The van der Waals surface area contributed by atoms with Crippen LogP contribution in [0.2, 0.25) is 0 Å². The first kappa shape index (κ1) is 13.2. The van der Waals surface area contributed by atoms with Crippen molar-refractivity contribution in [3.63, 3.8) is 0 Å². The highest BCUT2D eigenvalue weighted by Gasteiger charge is 2.55. The SMILES string of the molecule is [2H]C#C[C@@]1(O)[C@@H](CO)OC(n2cnc3c(=O)[nH]c(N)nc32)[C@@H]1O. The smallest absolute Gasteiger partial charge is 0.280 e. The van der Waals surface area contributed by atoms with Crippen molar-refractivity contribution in [1.82, 2.24) is 19.5 Å². The number of aliphatic hydroxyl groups is 3. The first-order valence-corrected chi connectivity index (χ1v) is 6.25. The largest absolute Gasteiger partial charge is 0.394 e. The lowest BCUT2D eigenvalue weighted by molar-refractivity contribution is -0.0605. The fourth-order valence-electron chi connectivity index (χ4n) is 2.44. The fourth-order valence-corrected chi connectivity index (χ4v) is 2.44. The number of rotatable bonds is 2. The molecule has 1 aliphatic rings. The Bertz CT molecular complexity index is 870. The van der Waals surface area contributed by atoms with Crippen molar-refractivity contribution in [3.05, 3.63) is 16.7 Å². The zero-order chi connectivity index (χ0) is 16.8. The first-order chi connectivity index (χ1) is 10.9. The van der Waals surface area contributed by atoms with E-state index in [-0.39, 0.29) is 17.1 Å². The quantitative estimate of drug-likeness (QED) is 0.375. The summed E-state index contributed by atoms with van der Waals surface area (Å²) in [5.41, 5.74) is 2.78. The maximum absolute atomic E-state index is 11.8. The van der Waals surface area contributed by atoms with Gasteiger partial charge in [0.25, 0.3) is 5.56 Å². The highest BCUT2D eigenvalue weighted by atomic mass is 16.6. The van der Waals surface area contributed by atoms with Crippen LogP contribution in [0.5, 0.6) is 0 Å². The average molecular weight is 308 g/mol. The Morgan fingerprint density at radius 1 is 1.73 bits per heavy atom. The summed E-state index contributed by atoms with van der Waals surface area (Å²) < 4.78 is 13.5. The van der Waals surface area contributed by atoms with E-state index in [1.54, 1.807) is 6.40 Å². The lowest BCUT2D eigenvalue weighted by atomic mass is 9.93. The molecule has 3 rings (SSSR count). The molecule has 10 heteroatoms. The number of fused-ring (bicyclic) bond motifs is 1. The van der Waals surface area contributed by atoms with Gasteiger partial charge in [-0.2, -0.15) is 4.98 Å². The van der Waals surface area contributed by atoms with Crippen LogP contribution >= 0.6 is 0 Å². The Kier molecular flexibility index (Phi) is 2.88. The van der Waals surface area contributed by atoms with Crippen LogP contribution in [0.4, 0.5) is 5.95 Å². The van der Waals surface area contributed by atoms with Gasteiger partial charge in [-0.15, -0.1) is 6.40 Å². The molecule has 22 heavy (non-hydrogen) atoms. The van der Waals surface area contributed by atoms with Gasteiger partial charge in [0.1, 0.15) is 13.6 Å². The van der Waals surface area contributed by atoms with Gasteiger partial charge in [0.05, 0.1) is 12.9 Å². The number of ether oxygens (including phenoxy) is 1. The van der Waals surface area contributed by atoms with Gasteiger partial charge >= 0.3 is 0 Å². The molecule has 1 fully saturated rings. The topological polar surface area (TPSA) is 160 Å². The summed E-state index contributed by atoms with van der Waals surface area (Å²) in [5, 5.41) is 30.1. The van der Waals surface area contributed by atoms with E-state index in [9.17, 15) is 20.1 Å². The van der Waals surface area contributed by atoms with Gasteiger partial charge in [0.2, 0.25) is 5.95 Å². The van der Waals surface area contributed by atoms with Gasteiger partial charge in [-0.3, -0.25) is 14.3 Å². The minimum atomic E-state index is -2.15. The summed E-state index contributed by atoms with van der Waals surface area (Å²) in [7, 11) is 0. The van der Waals surface area contributed by atoms with E-state index in [2.05, 4.69) is 20.9 Å². The maximum Gasteiger partial charge on any atom is 0.280 e. The molecule has 1 unspecified atom stereocenters. The van der Waals surface area contributed by atoms with Crippen molar-refractivity contribution in [3.8, 4) is 12.3 Å². The zero-order valence-corrected chi connectivity index (χ0v) is 11.1. The molecule has 1 aliphatic heterocycles. The van der Waals surface area contributed by atoms with Crippen molar-refractivity contribution in [2.75, 3.05) is 12.3 Å². The summed E-state index contributed by atoms with van der Waals surface area (Å²) in [6.45, 7) is -0.637. The molecule has 0 radical (unpaired) electrons. The summed E-state index contributed by atoms with van der Waals surface area (Å²) in [4.78, 5) is 21.9. The highest BCUT2D eigenvalue weighted by Crippen LogP contribution is 2.37. The van der Waals surface area contributed by atoms with Gasteiger partial charge in [-0.1, -0.05) is 5.92 Å².